The molecule has 1 amide bonds. The first-order valence-electron chi connectivity index (χ1n) is 5.51. The molecule has 0 aliphatic heterocycles. The Hall–Kier alpha value is -2.17. The van der Waals surface area contributed by atoms with Crippen molar-refractivity contribution in [2.45, 2.75) is 18.8 Å². The Bertz CT molecular complexity index is 532. The van der Waals surface area contributed by atoms with Crippen LogP contribution in [0.4, 0.5) is 5.69 Å². The third-order valence-corrected chi connectivity index (χ3v) is 2.67. The van der Waals surface area contributed by atoms with E-state index < -0.39 is 0 Å². The Kier molecular flexibility index (Phi) is 2.36. The molecule has 0 bridgehead atoms. The molecule has 3 rings (SSSR count). The first kappa shape index (κ1) is 10.0. The van der Waals surface area contributed by atoms with Gasteiger partial charge in [-0.25, -0.2) is 0 Å². The molecule has 17 heavy (non-hydrogen) atoms. The van der Waals surface area contributed by atoms with Crippen molar-refractivity contribution >= 4 is 11.6 Å². The molecule has 86 valence electrons. The van der Waals surface area contributed by atoms with Crippen LogP contribution in [-0.2, 0) is 0 Å². The third kappa shape index (κ3) is 2.18. The Morgan fingerprint density at radius 3 is 3.06 bits per heavy atom. The maximum absolute atomic E-state index is 11.8. The van der Waals surface area contributed by atoms with E-state index >= 15 is 0 Å². The quantitative estimate of drug-likeness (QED) is 0.876. The van der Waals surface area contributed by atoms with Gasteiger partial charge in [0, 0.05) is 18.2 Å². The molecule has 0 radical (unpaired) electrons. The topological polar surface area (TPSA) is 68.0 Å². The van der Waals surface area contributed by atoms with E-state index in [1.165, 1.54) is 0 Å². The molecule has 1 saturated carbocycles. The number of aromatic nitrogens is 2. The number of carbonyl (C=O) groups excluding carboxylic acids is 1. The zero-order valence-corrected chi connectivity index (χ0v) is 9.09. The van der Waals surface area contributed by atoms with Crippen molar-refractivity contribution < 1.29 is 9.32 Å². The average Bonchev–Trinajstić information content (AvgIpc) is 3.08. The molecule has 2 aromatic heterocycles. The highest BCUT2D eigenvalue weighted by Crippen LogP contribution is 2.39. The summed E-state index contributed by atoms with van der Waals surface area (Å²) in [4.78, 5) is 15.7. The number of amides is 1. The first-order valence-corrected chi connectivity index (χ1v) is 5.51. The molecule has 0 unspecified atom stereocenters. The van der Waals surface area contributed by atoms with Crippen molar-refractivity contribution in [2.75, 3.05) is 5.32 Å². The molecule has 2 aromatic rings. The van der Waals surface area contributed by atoms with Gasteiger partial charge in [0.25, 0.3) is 5.91 Å². The second-order valence-electron chi connectivity index (χ2n) is 4.09. The predicted octanol–water partition coefficient (Wildman–Crippen LogP) is 2.20. The fraction of sp³-hybridized carbons (Fsp3) is 0.250. The standard InChI is InChI=1S/C12H11N3O2/c16-12(14-9-2-1-5-13-7-9)11-6-10(15-17-11)8-3-4-8/h1-2,5-8H,3-4H2,(H,14,16). The van der Waals surface area contributed by atoms with E-state index in [1.807, 2.05) is 0 Å². The van der Waals surface area contributed by atoms with E-state index in [1.54, 1.807) is 30.6 Å². The summed E-state index contributed by atoms with van der Waals surface area (Å²) < 4.78 is 5.02. The third-order valence-electron chi connectivity index (χ3n) is 2.67. The smallest absolute Gasteiger partial charge is 0.294 e. The summed E-state index contributed by atoms with van der Waals surface area (Å²) in [5.41, 5.74) is 1.52. The number of rotatable bonds is 3. The number of carbonyl (C=O) groups is 1. The minimum atomic E-state index is -0.294. The summed E-state index contributed by atoms with van der Waals surface area (Å²) in [6.45, 7) is 0. The summed E-state index contributed by atoms with van der Waals surface area (Å²) in [6, 6.07) is 5.23. The SMILES string of the molecule is O=C(Nc1cccnc1)c1cc(C2CC2)no1. The molecule has 2 heterocycles. The van der Waals surface area contributed by atoms with Crippen LogP contribution < -0.4 is 5.32 Å². The minimum Gasteiger partial charge on any atom is -0.351 e. The van der Waals surface area contributed by atoms with Gasteiger partial charge in [0.05, 0.1) is 17.6 Å². The Morgan fingerprint density at radius 1 is 1.47 bits per heavy atom. The summed E-state index contributed by atoms with van der Waals surface area (Å²) >= 11 is 0. The van der Waals surface area contributed by atoms with E-state index in [2.05, 4.69) is 15.5 Å². The van der Waals surface area contributed by atoms with Crippen LogP contribution in [0.5, 0.6) is 0 Å². The van der Waals surface area contributed by atoms with Crippen LogP contribution in [0.1, 0.15) is 35.0 Å². The van der Waals surface area contributed by atoms with E-state index in [0.717, 1.165) is 18.5 Å². The van der Waals surface area contributed by atoms with Gasteiger partial charge in [0.1, 0.15) is 0 Å². The zero-order valence-electron chi connectivity index (χ0n) is 9.09. The number of nitrogens with one attached hydrogen (secondary N) is 1. The number of anilines is 1. The van der Waals surface area contributed by atoms with Crippen molar-refractivity contribution in [1.29, 1.82) is 0 Å². The lowest BCUT2D eigenvalue weighted by Crippen LogP contribution is -2.10. The molecule has 0 aromatic carbocycles. The van der Waals surface area contributed by atoms with Gasteiger partial charge in [0.15, 0.2) is 0 Å². The molecule has 0 saturated heterocycles. The van der Waals surface area contributed by atoms with Crippen molar-refractivity contribution in [3.8, 4) is 0 Å². The average molecular weight is 229 g/mol. The summed E-state index contributed by atoms with van der Waals surface area (Å²) in [5.74, 6) is 0.437. The maximum atomic E-state index is 11.8. The number of hydrogen-bond acceptors (Lipinski definition) is 4. The van der Waals surface area contributed by atoms with E-state index in [0.29, 0.717) is 11.6 Å². The molecule has 1 fully saturated rings. The largest absolute Gasteiger partial charge is 0.351 e. The van der Waals surface area contributed by atoms with Gasteiger partial charge >= 0.3 is 0 Å². The monoisotopic (exact) mass is 229 g/mol. The van der Waals surface area contributed by atoms with Gasteiger partial charge in [-0.1, -0.05) is 5.16 Å². The van der Waals surface area contributed by atoms with Crippen LogP contribution in [0.25, 0.3) is 0 Å². The highest BCUT2D eigenvalue weighted by molar-refractivity contribution is 6.02. The van der Waals surface area contributed by atoms with Crippen molar-refractivity contribution in [3.63, 3.8) is 0 Å². The molecule has 1 N–H and O–H groups in total. The fourth-order valence-electron chi connectivity index (χ4n) is 1.60. The van der Waals surface area contributed by atoms with Crippen LogP contribution in [0.2, 0.25) is 0 Å². The molecule has 1 aliphatic carbocycles. The fourth-order valence-corrected chi connectivity index (χ4v) is 1.60. The van der Waals surface area contributed by atoms with E-state index in [-0.39, 0.29) is 11.7 Å². The normalized spacial score (nSPS) is 14.6. The predicted molar refractivity (Wildman–Crippen MR) is 60.7 cm³/mol. The van der Waals surface area contributed by atoms with Gasteiger partial charge in [-0.05, 0) is 25.0 Å². The van der Waals surface area contributed by atoms with Gasteiger partial charge in [-0.15, -0.1) is 0 Å². The number of pyridine rings is 1. The highest BCUT2D eigenvalue weighted by atomic mass is 16.5. The van der Waals surface area contributed by atoms with Gasteiger partial charge < -0.3 is 9.84 Å². The Morgan fingerprint density at radius 2 is 2.35 bits per heavy atom. The van der Waals surface area contributed by atoms with Gasteiger partial charge in [-0.2, -0.15) is 0 Å². The van der Waals surface area contributed by atoms with E-state index in [9.17, 15) is 4.79 Å². The lowest BCUT2D eigenvalue weighted by Gasteiger charge is -2.00. The number of hydrogen-bond donors (Lipinski definition) is 1. The van der Waals surface area contributed by atoms with Crippen molar-refractivity contribution in [3.05, 3.63) is 42.0 Å². The second-order valence-corrected chi connectivity index (χ2v) is 4.09. The van der Waals surface area contributed by atoms with Crippen LogP contribution in [0, 0.1) is 0 Å². The maximum Gasteiger partial charge on any atom is 0.294 e. The Labute approximate surface area is 97.8 Å². The Balaban J connectivity index is 1.72. The molecular formula is C12H11N3O2. The molecule has 1 aliphatic rings. The van der Waals surface area contributed by atoms with Crippen LogP contribution in [-0.4, -0.2) is 16.0 Å². The lowest BCUT2D eigenvalue weighted by molar-refractivity contribution is 0.0988. The molecular weight excluding hydrogens is 218 g/mol. The zero-order chi connectivity index (χ0) is 11.7. The summed E-state index contributed by atoms with van der Waals surface area (Å²) in [7, 11) is 0. The summed E-state index contributed by atoms with van der Waals surface area (Å²) in [6.07, 6.45) is 5.50. The van der Waals surface area contributed by atoms with Gasteiger partial charge in [-0.3, -0.25) is 9.78 Å². The van der Waals surface area contributed by atoms with E-state index in [4.69, 9.17) is 4.52 Å². The van der Waals surface area contributed by atoms with Crippen molar-refractivity contribution in [1.82, 2.24) is 10.1 Å². The highest BCUT2D eigenvalue weighted by Gasteiger charge is 2.28. The van der Waals surface area contributed by atoms with Crippen molar-refractivity contribution in [2.24, 2.45) is 0 Å². The number of nitrogens with zero attached hydrogens (tertiary/aromatic N) is 2. The van der Waals surface area contributed by atoms with Crippen LogP contribution in [0.15, 0.2) is 35.1 Å². The second kappa shape index (κ2) is 4.01. The first-order chi connectivity index (χ1) is 8.33. The van der Waals surface area contributed by atoms with Gasteiger partial charge in [0.2, 0.25) is 5.76 Å². The lowest BCUT2D eigenvalue weighted by atomic mass is 10.2. The molecule has 0 atom stereocenters. The van der Waals surface area contributed by atoms with Crippen LogP contribution in [0.3, 0.4) is 0 Å². The molecule has 5 heteroatoms. The molecule has 5 nitrogen and oxygen atoms in total. The minimum absolute atomic E-state index is 0.246. The summed E-state index contributed by atoms with van der Waals surface area (Å²) in [5, 5.41) is 6.59. The van der Waals surface area contributed by atoms with Crippen LogP contribution >= 0.6 is 0 Å². The molecule has 0 spiro atoms.